The summed E-state index contributed by atoms with van der Waals surface area (Å²) in [5.74, 6) is -0.0672. The van der Waals surface area contributed by atoms with Gasteiger partial charge in [0, 0.05) is 12.6 Å². The topological polar surface area (TPSA) is 55.8 Å². The molecule has 142 valence electrons. The molecule has 1 fully saturated rings. The number of hydrogen-bond acceptors (Lipinski definition) is 4. The van der Waals surface area contributed by atoms with E-state index in [1.165, 1.54) is 18.2 Å². The molecule has 1 saturated carbocycles. The zero-order valence-electron chi connectivity index (χ0n) is 14.8. The molecule has 0 spiro atoms. The van der Waals surface area contributed by atoms with Gasteiger partial charge in [0.25, 0.3) is 5.91 Å². The van der Waals surface area contributed by atoms with Crippen molar-refractivity contribution in [2.75, 3.05) is 13.7 Å². The first-order valence-electron chi connectivity index (χ1n) is 8.52. The van der Waals surface area contributed by atoms with E-state index in [-0.39, 0.29) is 29.1 Å². The SMILES string of the molecule is COc1ccc(CN(C(=O)COC(=O)c2ccc(Cl)c(Cl)c2)C2CC2)cc1. The van der Waals surface area contributed by atoms with E-state index in [2.05, 4.69) is 0 Å². The molecule has 0 saturated heterocycles. The van der Waals surface area contributed by atoms with E-state index in [0.29, 0.717) is 11.6 Å². The van der Waals surface area contributed by atoms with Crippen LogP contribution in [-0.4, -0.2) is 36.5 Å². The Morgan fingerprint density at radius 2 is 1.78 bits per heavy atom. The third kappa shape index (κ3) is 5.15. The van der Waals surface area contributed by atoms with E-state index in [1.54, 1.807) is 12.0 Å². The van der Waals surface area contributed by atoms with E-state index in [9.17, 15) is 9.59 Å². The Labute approximate surface area is 167 Å². The minimum Gasteiger partial charge on any atom is -0.497 e. The Morgan fingerprint density at radius 3 is 2.37 bits per heavy atom. The quantitative estimate of drug-likeness (QED) is 0.640. The van der Waals surface area contributed by atoms with Crippen molar-refractivity contribution in [3.63, 3.8) is 0 Å². The highest BCUT2D eigenvalue weighted by molar-refractivity contribution is 6.42. The molecule has 0 bridgehead atoms. The predicted octanol–water partition coefficient (Wildman–Crippen LogP) is 4.35. The molecule has 0 atom stereocenters. The maximum atomic E-state index is 12.6. The number of hydrogen-bond donors (Lipinski definition) is 0. The van der Waals surface area contributed by atoms with Gasteiger partial charge in [-0.15, -0.1) is 0 Å². The summed E-state index contributed by atoms with van der Waals surface area (Å²) in [4.78, 5) is 26.5. The van der Waals surface area contributed by atoms with Crippen LogP contribution in [0.4, 0.5) is 0 Å². The van der Waals surface area contributed by atoms with Crippen molar-refractivity contribution in [3.05, 3.63) is 63.6 Å². The van der Waals surface area contributed by atoms with Crippen LogP contribution in [0.3, 0.4) is 0 Å². The molecule has 0 aromatic heterocycles. The zero-order chi connectivity index (χ0) is 19.4. The van der Waals surface area contributed by atoms with Crippen LogP contribution in [0.5, 0.6) is 5.75 Å². The lowest BCUT2D eigenvalue weighted by Crippen LogP contribution is -2.36. The van der Waals surface area contributed by atoms with Gasteiger partial charge in [0.15, 0.2) is 6.61 Å². The fourth-order valence-corrected chi connectivity index (χ4v) is 2.95. The Morgan fingerprint density at radius 1 is 1.07 bits per heavy atom. The summed E-state index contributed by atoms with van der Waals surface area (Å²) in [6.07, 6.45) is 1.92. The minimum atomic E-state index is -0.609. The van der Waals surface area contributed by atoms with Crippen LogP contribution in [0.15, 0.2) is 42.5 Å². The maximum absolute atomic E-state index is 12.6. The number of ether oxygens (including phenoxy) is 2. The van der Waals surface area contributed by atoms with Crippen LogP contribution in [0, 0.1) is 0 Å². The Kier molecular flexibility index (Phi) is 6.24. The van der Waals surface area contributed by atoms with Crippen molar-refractivity contribution < 1.29 is 19.1 Å². The number of carbonyl (C=O) groups is 2. The van der Waals surface area contributed by atoms with Crippen molar-refractivity contribution >= 4 is 35.1 Å². The smallest absolute Gasteiger partial charge is 0.338 e. The first kappa shape index (κ1) is 19.5. The molecular weight excluding hydrogens is 389 g/mol. The number of nitrogens with zero attached hydrogens (tertiary/aromatic N) is 1. The molecule has 27 heavy (non-hydrogen) atoms. The molecule has 2 aromatic carbocycles. The molecule has 2 aromatic rings. The van der Waals surface area contributed by atoms with E-state index in [0.717, 1.165) is 24.2 Å². The molecule has 0 unspecified atom stereocenters. The molecule has 5 nitrogen and oxygen atoms in total. The highest BCUT2D eigenvalue weighted by atomic mass is 35.5. The largest absolute Gasteiger partial charge is 0.497 e. The van der Waals surface area contributed by atoms with Crippen LogP contribution in [0.1, 0.15) is 28.8 Å². The molecule has 0 aliphatic heterocycles. The van der Waals surface area contributed by atoms with Gasteiger partial charge in [0.2, 0.25) is 0 Å². The number of esters is 1. The number of benzene rings is 2. The lowest BCUT2D eigenvalue weighted by Gasteiger charge is -2.22. The van der Waals surface area contributed by atoms with Crippen molar-refractivity contribution in [1.29, 1.82) is 0 Å². The van der Waals surface area contributed by atoms with Gasteiger partial charge in [-0.2, -0.15) is 0 Å². The van der Waals surface area contributed by atoms with Gasteiger partial charge in [-0.3, -0.25) is 4.79 Å². The zero-order valence-corrected chi connectivity index (χ0v) is 16.3. The Bertz CT molecular complexity index is 834. The van der Waals surface area contributed by atoms with E-state index < -0.39 is 5.97 Å². The molecule has 0 radical (unpaired) electrons. The second kappa shape index (κ2) is 8.63. The van der Waals surface area contributed by atoms with Crippen LogP contribution >= 0.6 is 23.2 Å². The van der Waals surface area contributed by atoms with Crippen LogP contribution in [-0.2, 0) is 16.1 Å². The van der Waals surface area contributed by atoms with Crippen molar-refractivity contribution in [1.82, 2.24) is 4.90 Å². The average molecular weight is 408 g/mol. The van der Waals surface area contributed by atoms with Crippen molar-refractivity contribution in [2.45, 2.75) is 25.4 Å². The third-order valence-electron chi connectivity index (χ3n) is 4.30. The first-order chi connectivity index (χ1) is 13.0. The summed E-state index contributed by atoms with van der Waals surface area (Å²) < 4.78 is 10.3. The highest BCUT2D eigenvalue weighted by Crippen LogP contribution is 2.29. The normalized spacial score (nSPS) is 13.1. The third-order valence-corrected chi connectivity index (χ3v) is 5.04. The Balaban J connectivity index is 1.59. The van der Waals surface area contributed by atoms with E-state index in [4.69, 9.17) is 32.7 Å². The van der Waals surface area contributed by atoms with Crippen molar-refractivity contribution in [3.8, 4) is 5.75 Å². The van der Waals surface area contributed by atoms with Gasteiger partial charge < -0.3 is 14.4 Å². The summed E-state index contributed by atoms with van der Waals surface area (Å²) in [6.45, 7) is 0.156. The van der Waals surface area contributed by atoms with Crippen LogP contribution in [0.25, 0.3) is 0 Å². The molecule has 1 aliphatic rings. The van der Waals surface area contributed by atoms with Crippen LogP contribution < -0.4 is 4.74 Å². The fraction of sp³-hybridized carbons (Fsp3) is 0.300. The van der Waals surface area contributed by atoms with E-state index in [1.807, 2.05) is 24.3 Å². The monoisotopic (exact) mass is 407 g/mol. The molecular formula is C20H19Cl2NO4. The molecule has 7 heteroatoms. The maximum Gasteiger partial charge on any atom is 0.338 e. The number of halogens is 2. The summed E-state index contributed by atoms with van der Waals surface area (Å²) in [5, 5.41) is 0.611. The van der Waals surface area contributed by atoms with Gasteiger partial charge in [-0.05, 0) is 48.7 Å². The van der Waals surface area contributed by atoms with Gasteiger partial charge in [-0.25, -0.2) is 4.79 Å². The summed E-state index contributed by atoms with van der Waals surface area (Å²) in [7, 11) is 1.61. The van der Waals surface area contributed by atoms with Crippen LogP contribution in [0.2, 0.25) is 10.0 Å². The fourth-order valence-electron chi connectivity index (χ4n) is 2.65. The standard InChI is InChI=1S/C20H19Cl2NO4/c1-26-16-7-2-13(3-8-16)11-23(15-5-6-15)19(24)12-27-20(25)14-4-9-17(21)18(22)10-14/h2-4,7-10,15H,5-6,11-12H2,1H3. The van der Waals surface area contributed by atoms with Gasteiger partial charge in [-0.1, -0.05) is 35.3 Å². The summed E-state index contributed by atoms with van der Waals surface area (Å²) in [6, 6.07) is 12.2. The minimum absolute atomic E-state index is 0.197. The van der Waals surface area contributed by atoms with Gasteiger partial charge in [0.1, 0.15) is 5.75 Å². The number of carbonyl (C=O) groups excluding carboxylic acids is 2. The summed E-state index contributed by atoms with van der Waals surface area (Å²) >= 11 is 11.7. The molecule has 1 amide bonds. The number of rotatable bonds is 7. The lowest BCUT2D eigenvalue weighted by atomic mass is 10.2. The average Bonchev–Trinajstić information content (AvgIpc) is 3.51. The number of methoxy groups -OCH3 is 1. The molecule has 3 rings (SSSR count). The van der Waals surface area contributed by atoms with Gasteiger partial charge >= 0.3 is 5.97 Å². The highest BCUT2D eigenvalue weighted by Gasteiger charge is 2.33. The molecule has 0 N–H and O–H groups in total. The lowest BCUT2D eigenvalue weighted by molar-refractivity contribution is -0.135. The predicted molar refractivity (Wildman–Crippen MR) is 103 cm³/mol. The Hall–Kier alpha value is -2.24. The van der Waals surface area contributed by atoms with Gasteiger partial charge in [0.05, 0.1) is 22.7 Å². The first-order valence-corrected chi connectivity index (χ1v) is 9.28. The summed E-state index contributed by atoms with van der Waals surface area (Å²) in [5.41, 5.74) is 1.25. The number of amides is 1. The van der Waals surface area contributed by atoms with E-state index >= 15 is 0 Å². The molecule has 1 aliphatic carbocycles. The van der Waals surface area contributed by atoms with Crippen molar-refractivity contribution in [2.24, 2.45) is 0 Å². The second-order valence-corrected chi connectivity index (χ2v) is 7.12. The molecule has 0 heterocycles. The second-order valence-electron chi connectivity index (χ2n) is 6.31.